The van der Waals surface area contributed by atoms with Gasteiger partial charge >= 0.3 is 0 Å². The summed E-state index contributed by atoms with van der Waals surface area (Å²) in [5.74, 6) is 0. The molecule has 2 heteroatoms. The molecule has 6 aromatic rings. The van der Waals surface area contributed by atoms with Crippen LogP contribution in [0.15, 0.2) is 107 Å². The van der Waals surface area contributed by atoms with Crippen molar-refractivity contribution in [2.24, 2.45) is 0 Å². The topological polar surface area (TPSA) is 0 Å². The molecule has 140 valence electrons. The van der Waals surface area contributed by atoms with Crippen molar-refractivity contribution in [2.45, 2.75) is 9.79 Å². The van der Waals surface area contributed by atoms with Crippen molar-refractivity contribution in [1.29, 1.82) is 0 Å². The predicted octanol–water partition coefficient (Wildman–Crippen LogP) is 9.01. The molecule has 0 aliphatic carbocycles. The quantitative estimate of drug-likeness (QED) is 0.257. The average Bonchev–Trinajstić information content (AvgIpc) is 3.18. The molecule has 0 fully saturated rings. The molecule has 1 aromatic heterocycles. The van der Waals surface area contributed by atoms with Crippen LogP contribution in [0.2, 0.25) is 0 Å². The molecule has 0 amide bonds. The third-order valence-electron chi connectivity index (χ3n) is 6.09. The van der Waals surface area contributed by atoms with E-state index in [0.29, 0.717) is 0 Å². The first-order chi connectivity index (χ1) is 14.9. The molecule has 2 heterocycles. The molecular weight excluding hydrogens is 400 g/mol. The number of benzene rings is 5. The van der Waals surface area contributed by atoms with E-state index in [-0.39, 0.29) is 0 Å². The van der Waals surface area contributed by atoms with Crippen LogP contribution in [-0.2, 0) is 0 Å². The monoisotopic (exact) mass is 416 g/mol. The molecule has 0 bridgehead atoms. The third-order valence-corrected chi connectivity index (χ3v) is 8.36. The molecule has 1 aliphatic rings. The van der Waals surface area contributed by atoms with E-state index in [2.05, 4.69) is 97.1 Å². The molecule has 0 radical (unpaired) electrons. The van der Waals surface area contributed by atoms with Crippen LogP contribution in [0.5, 0.6) is 0 Å². The first-order valence-electron chi connectivity index (χ1n) is 10.1. The van der Waals surface area contributed by atoms with E-state index >= 15 is 0 Å². The molecule has 0 N–H and O–H groups in total. The molecule has 1 aliphatic heterocycles. The average molecular weight is 417 g/mol. The lowest BCUT2D eigenvalue weighted by molar-refractivity contribution is 1.40. The van der Waals surface area contributed by atoms with Crippen LogP contribution in [0.25, 0.3) is 53.2 Å². The molecule has 0 saturated heterocycles. The van der Waals surface area contributed by atoms with Crippen LogP contribution in [-0.4, -0.2) is 0 Å². The normalized spacial score (nSPS) is 12.5. The minimum atomic E-state index is 1.32. The lowest BCUT2D eigenvalue weighted by Gasteiger charge is -2.21. The van der Waals surface area contributed by atoms with E-state index in [0.717, 1.165) is 0 Å². The minimum Gasteiger partial charge on any atom is -0.135 e. The van der Waals surface area contributed by atoms with Gasteiger partial charge in [0.15, 0.2) is 0 Å². The first-order valence-corrected chi connectivity index (χ1v) is 11.8. The van der Waals surface area contributed by atoms with E-state index in [9.17, 15) is 0 Å². The number of hydrogen-bond acceptors (Lipinski definition) is 2. The van der Waals surface area contributed by atoms with E-state index in [1.54, 1.807) is 0 Å². The zero-order chi connectivity index (χ0) is 19.7. The van der Waals surface area contributed by atoms with Crippen molar-refractivity contribution in [3.8, 4) is 22.3 Å². The Morgan fingerprint density at radius 3 is 2.07 bits per heavy atom. The molecule has 0 saturated carbocycles. The lowest BCUT2D eigenvalue weighted by atomic mass is 9.91. The highest BCUT2D eigenvalue weighted by Crippen LogP contribution is 2.50. The van der Waals surface area contributed by atoms with Gasteiger partial charge in [0.05, 0.1) is 0 Å². The predicted molar refractivity (Wildman–Crippen MR) is 132 cm³/mol. The maximum Gasteiger partial charge on any atom is 0.0361 e. The SMILES string of the molecule is c1ccc2c(c1)Sc1ccc(-c3cccc4sc5ccccc5c34)c3cccc-2c13. The molecule has 7 rings (SSSR count). The third kappa shape index (κ3) is 2.23. The lowest BCUT2D eigenvalue weighted by Crippen LogP contribution is -1.94. The smallest absolute Gasteiger partial charge is 0.0361 e. The van der Waals surface area contributed by atoms with Gasteiger partial charge in [-0.2, -0.15) is 0 Å². The van der Waals surface area contributed by atoms with Crippen LogP contribution >= 0.6 is 23.1 Å². The van der Waals surface area contributed by atoms with Gasteiger partial charge in [0.1, 0.15) is 0 Å². The molecule has 0 nitrogen and oxygen atoms in total. The van der Waals surface area contributed by atoms with Gasteiger partial charge < -0.3 is 0 Å². The van der Waals surface area contributed by atoms with Gasteiger partial charge in [-0.05, 0) is 51.9 Å². The van der Waals surface area contributed by atoms with Gasteiger partial charge in [-0.25, -0.2) is 0 Å². The molecule has 30 heavy (non-hydrogen) atoms. The summed E-state index contributed by atoms with van der Waals surface area (Å²) < 4.78 is 2.71. The van der Waals surface area contributed by atoms with Crippen molar-refractivity contribution in [2.75, 3.05) is 0 Å². The molecule has 0 spiro atoms. The second-order valence-corrected chi connectivity index (χ2v) is 9.88. The Hall–Kier alpha value is -3.07. The summed E-state index contributed by atoms with van der Waals surface area (Å²) in [6.07, 6.45) is 0. The summed E-state index contributed by atoms with van der Waals surface area (Å²) in [5, 5.41) is 5.46. The Balaban J connectivity index is 1.60. The molecule has 5 aromatic carbocycles. The summed E-state index contributed by atoms with van der Waals surface area (Å²) in [7, 11) is 0. The van der Waals surface area contributed by atoms with Gasteiger partial charge in [0.25, 0.3) is 0 Å². The number of rotatable bonds is 1. The zero-order valence-corrected chi connectivity index (χ0v) is 17.7. The van der Waals surface area contributed by atoms with Gasteiger partial charge in [0.2, 0.25) is 0 Å². The van der Waals surface area contributed by atoms with Crippen molar-refractivity contribution in [1.82, 2.24) is 0 Å². The van der Waals surface area contributed by atoms with Crippen molar-refractivity contribution in [3.63, 3.8) is 0 Å². The fraction of sp³-hybridized carbons (Fsp3) is 0. The summed E-state index contributed by atoms with van der Waals surface area (Å²) >= 11 is 3.77. The Labute approximate surface area is 182 Å². The second-order valence-electron chi connectivity index (χ2n) is 7.71. The first kappa shape index (κ1) is 16.7. The van der Waals surface area contributed by atoms with E-state index in [1.165, 1.54) is 63.0 Å². The largest absolute Gasteiger partial charge is 0.135 e. The highest BCUT2D eigenvalue weighted by molar-refractivity contribution is 7.99. The van der Waals surface area contributed by atoms with Crippen LogP contribution < -0.4 is 0 Å². The second kappa shape index (κ2) is 6.21. The van der Waals surface area contributed by atoms with Crippen LogP contribution in [0.4, 0.5) is 0 Å². The van der Waals surface area contributed by atoms with Crippen molar-refractivity contribution >= 4 is 54.0 Å². The maximum atomic E-state index is 2.32. The standard InChI is InChI=1S/C28H16S2/c1-3-12-23-18(7-1)21-10-5-9-19-17(15-16-26(29-23)27(19)21)20-11-6-14-25-28(20)22-8-2-4-13-24(22)30-25/h1-16H. The van der Waals surface area contributed by atoms with Crippen molar-refractivity contribution < 1.29 is 0 Å². The summed E-state index contributed by atoms with van der Waals surface area (Å²) in [5.41, 5.74) is 5.35. The molecule has 0 atom stereocenters. The van der Waals surface area contributed by atoms with Gasteiger partial charge in [0, 0.05) is 35.3 Å². The zero-order valence-electron chi connectivity index (χ0n) is 16.1. The highest BCUT2D eigenvalue weighted by atomic mass is 32.2. The van der Waals surface area contributed by atoms with E-state index in [1.807, 2.05) is 23.1 Å². The Morgan fingerprint density at radius 2 is 1.10 bits per heavy atom. The number of thiophene rings is 1. The number of hydrogen-bond donors (Lipinski definition) is 0. The maximum absolute atomic E-state index is 2.32. The van der Waals surface area contributed by atoms with E-state index < -0.39 is 0 Å². The Morgan fingerprint density at radius 1 is 0.400 bits per heavy atom. The fourth-order valence-corrected chi connectivity index (χ4v) is 7.08. The highest BCUT2D eigenvalue weighted by Gasteiger charge is 2.21. The molecular formula is C28H16S2. The van der Waals surface area contributed by atoms with Gasteiger partial charge in [-0.3, -0.25) is 0 Å². The van der Waals surface area contributed by atoms with Crippen LogP contribution in [0.3, 0.4) is 0 Å². The minimum absolute atomic E-state index is 1.32. The number of fused-ring (bicyclic) bond motifs is 5. The Kier molecular flexibility index (Phi) is 3.46. The summed E-state index contributed by atoms with van der Waals surface area (Å²) in [6.45, 7) is 0. The van der Waals surface area contributed by atoms with Crippen LogP contribution in [0, 0.1) is 0 Å². The summed E-state index contributed by atoms with van der Waals surface area (Å²) in [6, 6.07) is 35.7. The summed E-state index contributed by atoms with van der Waals surface area (Å²) in [4.78, 5) is 2.70. The van der Waals surface area contributed by atoms with Crippen molar-refractivity contribution in [3.05, 3.63) is 97.1 Å². The van der Waals surface area contributed by atoms with Crippen LogP contribution in [0.1, 0.15) is 0 Å². The van der Waals surface area contributed by atoms with E-state index in [4.69, 9.17) is 0 Å². The molecule has 0 unspecified atom stereocenters. The Bertz CT molecular complexity index is 1620. The fourth-order valence-electron chi connectivity index (χ4n) is 4.81. The van der Waals surface area contributed by atoms with Gasteiger partial charge in [-0.15, -0.1) is 11.3 Å². The van der Waals surface area contributed by atoms with Gasteiger partial charge in [-0.1, -0.05) is 84.6 Å².